The molecule has 0 aliphatic rings. The number of hydrogen-bond donors (Lipinski definition) is 0. The van der Waals surface area contributed by atoms with Crippen LogP contribution < -0.4 is 0 Å². The van der Waals surface area contributed by atoms with Gasteiger partial charge in [-0.05, 0) is 0 Å². The quantitative estimate of drug-likeness (QED) is 0.490. The zero-order valence-electron chi connectivity index (χ0n) is 4.77. The maximum atomic E-state index is 3.70. The summed E-state index contributed by atoms with van der Waals surface area (Å²) in [5, 5.41) is 0. The topological polar surface area (TPSA) is 0 Å². The summed E-state index contributed by atoms with van der Waals surface area (Å²) in [5.74, 6) is 2.00. The molecule has 0 amide bonds. The van der Waals surface area contributed by atoms with Crippen molar-refractivity contribution in [3.8, 4) is 0 Å². The minimum atomic E-state index is 1.14. The Morgan fingerprint density at radius 3 is 2.57 bits per heavy atom. The fraction of sp³-hybridized carbons (Fsp3) is 0.400. The Labute approximate surface area is 49.8 Å². The first-order valence-corrected chi connectivity index (χ1v) is 3.08. The Morgan fingerprint density at radius 2 is 2.43 bits per heavy atom. The fourth-order valence-electron chi connectivity index (χ4n) is 0.184. The van der Waals surface area contributed by atoms with Crippen LogP contribution in [0.2, 0.25) is 0 Å². The molecule has 0 fully saturated rings. The van der Waals surface area contributed by atoms with Crippen molar-refractivity contribution in [1.82, 2.24) is 0 Å². The van der Waals surface area contributed by atoms with E-state index in [0.717, 1.165) is 4.91 Å². The summed E-state index contributed by atoms with van der Waals surface area (Å²) < 4.78 is 0. The molecule has 0 aliphatic heterocycles. The van der Waals surface area contributed by atoms with E-state index in [-0.39, 0.29) is 0 Å². The van der Waals surface area contributed by atoms with Gasteiger partial charge in [-0.2, -0.15) is 0 Å². The van der Waals surface area contributed by atoms with Gasteiger partial charge in [-0.15, -0.1) is 0 Å². The first-order chi connectivity index (χ1) is 3.27. The Balaban J connectivity index is 3.14. The molecule has 7 heavy (non-hydrogen) atoms. The Bertz CT molecular complexity index is 86.1. The number of hydrogen-bond acceptors (Lipinski definition) is 1. The zero-order chi connectivity index (χ0) is 5.70. The molecule has 0 rings (SSSR count). The summed E-state index contributed by atoms with van der Waals surface area (Å²) in [7, 11) is 0. The van der Waals surface area contributed by atoms with Gasteiger partial charge in [0.15, 0.2) is 0 Å². The van der Waals surface area contributed by atoms with E-state index in [4.69, 9.17) is 0 Å². The average molecular weight is 112 g/mol. The second-order valence-electron chi connectivity index (χ2n) is 1.29. The molecule has 2 heteroatoms. The number of allylic oxidation sites excluding steroid dienone is 1. The molecule has 0 radical (unpaired) electrons. The van der Waals surface area contributed by atoms with Gasteiger partial charge in [0.1, 0.15) is 0 Å². The molecule has 0 saturated heterocycles. The maximum absolute atomic E-state index is 3.70. The standard InChI is InChI=1S/C5H9BS/c1-4-6-7-5(2)3/h4H,2H2,1,3H3. The average Bonchev–Trinajstić information content (AvgIpc) is 1.61. The molecule has 0 heterocycles. The first-order valence-electron chi connectivity index (χ1n) is 2.20. The van der Waals surface area contributed by atoms with E-state index >= 15 is 0 Å². The van der Waals surface area contributed by atoms with E-state index in [0.29, 0.717) is 0 Å². The summed E-state index contributed by atoms with van der Waals surface area (Å²) >= 11 is 1.66. The van der Waals surface area contributed by atoms with Crippen LogP contribution in [0.3, 0.4) is 0 Å². The Hall–Kier alpha value is 0.0249. The summed E-state index contributed by atoms with van der Waals surface area (Å²) in [6.07, 6.45) is 2.02. The van der Waals surface area contributed by atoms with E-state index in [2.05, 4.69) is 6.58 Å². The third kappa shape index (κ3) is 6.02. The van der Waals surface area contributed by atoms with Crippen molar-refractivity contribution in [1.29, 1.82) is 0 Å². The van der Waals surface area contributed by atoms with Crippen molar-refractivity contribution in [2.45, 2.75) is 13.8 Å². The molecule has 0 spiro atoms. The van der Waals surface area contributed by atoms with Crippen LogP contribution in [0.4, 0.5) is 0 Å². The normalized spacial score (nSPS) is 8.86. The molecule has 0 nitrogen and oxygen atoms in total. The van der Waals surface area contributed by atoms with Gasteiger partial charge < -0.3 is 0 Å². The molecule has 0 N–H and O–H groups in total. The molecule has 0 saturated carbocycles. The van der Waals surface area contributed by atoms with E-state index in [9.17, 15) is 0 Å². The van der Waals surface area contributed by atoms with Gasteiger partial charge in [0, 0.05) is 0 Å². The van der Waals surface area contributed by atoms with Gasteiger partial charge in [-0.1, -0.05) is 0 Å². The molecule has 0 aromatic rings. The monoisotopic (exact) mass is 112 g/mol. The second-order valence-corrected chi connectivity index (χ2v) is 2.49. The van der Waals surface area contributed by atoms with Crippen molar-refractivity contribution in [3.63, 3.8) is 0 Å². The summed E-state index contributed by atoms with van der Waals surface area (Å²) in [6, 6.07) is 0. The molecule has 0 atom stereocenters. The minimum absolute atomic E-state index is 1.14. The van der Waals surface area contributed by atoms with Crippen LogP contribution in [-0.4, -0.2) is 12.2 Å². The van der Waals surface area contributed by atoms with Crippen molar-refractivity contribution >= 4 is 23.8 Å². The zero-order valence-corrected chi connectivity index (χ0v) is 5.59. The van der Waals surface area contributed by atoms with Crippen LogP contribution in [0.5, 0.6) is 0 Å². The van der Waals surface area contributed by atoms with E-state index in [1.165, 1.54) is 0 Å². The fourth-order valence-corrected chi connectivity index (χ4v) is 0.553. The van der Waals surface area contributed by atoms with Crippen LogP contribution in [0.1, 0.15) is 13.8 Å². The molecular weight excluding hydrogens is 103 g/mol. The van der Waals surface area contributed by atoms with Gasteiger partial charge in [-0.3, -0.25) is 0 Å². The molecule has 38 valence electrons. The van der Waals surface area contributed by atoms with Crippen LogP contribution in [0.15, 0.2) is 11.5 Å². The summed E-state index contributed by atoms with van der Waals surface area (Å²) in [5.41, 5.74) is 0. The van der Waals surface area contributed by atoms with Gasteiger partial charge in [0.25, 0.3) is 0 Å². The first kappa shape index (κ1) is 7.02. The molecule has 0 bridgehead atoms. The molecule has 0 aliphatic carbocycles. The molecule has 0 unspecified atom stereocenters. The van der Waals surface area contributed by atoms with Crippen LogP contribution in [0, 0.1) is 0 Å². The van der Waals surface area contributed by atoms with Crippen LogP contribution in [-0.2, 0) is 0 Å². The van der Waals surface area contributed by atoms with Crippen molar-refractivity contribution < 1.29 is 0 Å². The van der Waals surface area contributed by atoms with Crippen molar-refractivity contribution in [2.24, 2.45) is 0 Å². The second kappa shape index (κ2) is 4.19. The van der Waals surface area contributed by atoms with Gasteiger partial charge in [-0.25, -0.2) is 0 Å². The SMILES string of the molecule is C=C(C)S/B=C/C. The predicted molar refractivity (Wildman–Crippen MR) is 39.9 cm³/mol. The molecule has 0 aromatic heterocycles. The van der Waals surface area contributed by atoms with E-state index < -0.39 is 0 Å². The Morgan fingerprint density at radius 1 is 1.86 bits per heavy atom. The van der Waals surface area contributed by atoms with Crippen LogP contribution in [0.25, 0.3) is 0 Å². The summed E-state index contributed by atoms with van der Waals surface area (Å²) in [4.78, 5) is 1.14. The molecular formula is C5H9BS. The van der Waals surface area contributed by atoms with E-state index in [1.807, 2.05) is 26.0 Å². The van der Waals surface area contributed by atoms with Gasteiger partial charge in [0.05, 0.1) is 0 Å². The van der Waals surface area contributed by atoms with Gasteiger partial charge >= 0.3 is 49.1 Å². The van der Waals surface area contributed by atoms with Crippen molar-refractivity contribution in [2.75, 3.05) is 0 Å². The van der Waals surface area contributed by atoms with Crippen LogP contribution >= 0.6 is 11.6 Å². The van der Waals surface area contributed by atoms with E-state index in [1.54, 1.807) is 11.6 Å². The summed E-state index contributed by atoms with van der Waals surface area (Å²) in [6.45, 7) is 7.69. The number of rotatable bonds is 2. The third-order valence-electron chi connectivity index (χ3n) is 0.405. The Kier molecular flexibility index (Phi) is 4.21. The third-order valence-corrected chi connectivity index (χ3v) is 1.22. The van der Waals surface area contributed by atoms with Gasteiger partial charge in [0.2, 0.25) is 0 Å². The van der Waals surface area contributed by atoms with Crippen molar-refractivity contribution in [3.05, 3.63) is 11.5 Å². The molecule has 0 aromatic carbocycles. The predicted octanol–water partition coefficient (Wildman–Crippen LogP) is 1.69.